The molecule has 0 bridgehead atoms. The maximum Gasteiger partial charge on any atom is 0.490 e. The molecule has 3 heterocycles. The van der Waals surface area contributed by atoms with Gasteiger partial charge in [-0.3, -0.25) is 9.78 Å². The van der Waals surface area contributed by atoms with Crippen molar-refractivity contribution in [2.75, 3.05) is 38.3 Å². The van der Waals surface area contributed by atoms with Gasteiger partial charge in [-0.2, -0.15) is 24.9 Å². The first-order valence-electron chi connectivity index (χ1n) is 8.91. The number of thioether (sulfide) groups is 1. The van der Waals surface area contributed by atoms with Crippen molar-refractivity contribution in [3.63, 3.8) is 0 Å². The van der Waals surface area contributed by atoms with Gasteiger partial charge in [-0.05, 0) is 37.1 Å². The van der Waals surface area contributed by atoms with E-state index in [2.05, 4.69) is 4.98 Å². The minimum Gasteiger partial charge on any atom is -0.492 e. The SMILES string of the molecule is CSCC(=O)N1CC2(C1)OCCC2CCOc1cccnc1.O=C(O)C(F)(F)F. The van der Waals surface area contributed by atoms with Crippen LogP contribution in [-0.2, 0) is 14.3 Å². The number of carbonyl (C=O) groups excluding carboxylic acids is 1. The van der Waals surface area contributed by atoms with Gasteiger partial charge in [-0.25, -0.2) is 4.79 Å². The molecule has 3 rings (SSSR count). The fraction of sp³-hybridized carbons (Fsp3) is 0.611. The number of pyridine rings is 1. The summed E-state index contributed by atoms with van der Waals surface area (Å²) in [6, 6.07) is 3.79. The number of hydrogen-bond acceptors (Lipinski definition) is 6. The molecule has 0 aromatic carbocycles. The summed E-state index contributed by atoms with van der Waals surface area (Å²) in [4.78, 5) is 26.7. The van der Waals surface area contributed by atoms with Gasteiger partial charge in [-0.15, -0.1) is 0 Å². The Labute approximate surface area is 170 Å². The highest BCUT2D eigenvalue weighted by molar-refractivity contribution is 7.99. The normalized spacial score (nSPS) is 19.9. The molecule has 1 atom stereocenters. The van der Waals surface area contributed by atoms with Gasteiger partial charge in [0.05, 0.1) is 31.6 Å². The summed E-state index contributed by atoms with van der Waals surface area (Å²) in [5, 5.41) is 7.12. The third kappa shape index (κ3) is 6.49. The molecule has 2 saturated heterocycles. The van der Waals surface area contributed by atoms with Gasteiger partial charge < -0.3 is 19.5 Å². The van der Waals surface area contributed by atoms with Crippen LogP contribution in [0.5, 0.6) is 5.75 Å². The highest BCUT2D eigenvalue weighted by Crippen LogP contribution is 2.41. The lowest BCUT2D eigenvalue weighted by Gasteiger charge is -2.50. The smallest absolute Gasteiger partial charge is 0.490 e. The van der Waals surface area contributed by atoms with Gasteiger partial charge in [0.1, 0.15) is 11.4 Å². The summed E-state index contributed by atoms with van der Waals surface area (Å²) in [6.45, 7) is 2.94. The predicted octanol–water partition coefficient (Wildman–Crippen LogP) is 2.46. The fourth-order valence-electron chi connectivity index (χ4n) is 3.28. The molecule has 162 valence electrons. The molecular weight excluding hydrogens is 413 g/mol. The molecule has 2 fully saturated rings. The van der Waals surface area contributed by atoms with E-state index >= 15 is 0 Å². The molecule has 0 radical (unpaired) electrons. The van der Waals surface area contributed by atoms with Crippen LogP contribution >= 0.6 is 11.8 Å². The number of alkyl halides is 3. The number of aliphatic carboxylic acids is 1. The van der Waals surface area contributed by atoms with Gasteiger partial charge in [0.25, 0.3) is 0 Å². The lowest BCUT2D eigenvalue weighted by atomic mass is 9.79. The van der Waals surface area contributed by atoms with E-state index in [1.54, 1.807) is 24.2 Å². The molecule has 1 aromatic heterocycles. The molecule has 1 unspecified atom stereocenters. The van der Waals surface area contributed by atoms with Crippen LogP contribution in [0.3, 0.4) is 0 Å². The molecule has 0 aliphatic carbocycles. The van der Waals surface area contributed by atoms with Crippen LogP contribution < -0.4 is 4.74 Å². The number of carbonyl (C=O) groups is 2. The number of likely N-dealkylation sites (tertiary alicyclic amines) is 1. The molecule has 1 spiro atoms. The number of carboxylic acid groups (broad SMARTS) is 1. The average molecular weight is 436 g/mol. The van der Waals surface area contributed by atoms with E-state index in [0.29, 0.717) is 18.3 Å². The number of nitrogens with zero attached hydrogens (tertiary/aromatic N) is 2. The standard InChI is InChI=1S/C16H22N2O3S.C2HF3O2/c1-22-10-15(19)18-11-16(12-18)13(5-8-21-16)4-7-20-14-3-2-6-17-9-14;3-2(4,5)1(6)7/h2-3,6,9,13H,4-5,7-8,10-12H2,1H3;(H,6,7). The highest BCUT2D eigenvalue weighted by Gasteiger charge is 2.53. The summed E-state index contributed by atoms with van der Waals surface area (Å²) >= 11 is 1.57. The predicted molar refractivity (Wildman–Crippen MR) is 99.8 cm³/mol. The van der Waals surface area contributed by atoms with Crippen LogP contribution in [0.25, 0.3) is 0 Å². The van der Waals surface area contributed by atoms with Crippen molar-refractivity contribution in [1.29, 1.82) is 0 Å². The number of rotatable bonds is 6. The summed E-state index contributed by atoms with van der Waals surface area (Å²) in [5.74, 6) is -0.694. The summed E-state index contributed by atoms with van der Waals surface area (Å²) in [5.41, 5.74) is -0.119. The molecule has 7 nitrogen and oxygen atoms in total. The molecule has 1 N–H and O–H groups in total. The molecule has 2 aliphatic rings. The Kier molecular flexibility index (Phi) is 8.14. The number of carboxylic acids is 1. The Morgan fingerprint density at radius 1 is 1.45 bits per heavy atom. The Balaban J connectivity index is 0.000000370. The zero-order chi connectivity index (χ0) is 21.5. The molecule has 2 aliphatic heterocycles. The lowest BCUT2D eigenvalue weighted by Crippen LogP contribution is -2.66. The monoisotopic (exact) mass is 436 g/mol. The number of ether oxygens (including phenoxy) is 2. The first-order valence-corrected chi connectivity index (χ1v) is 10.3. The molecule has 0 saturated carbocycles. The van der Waals surface area contributed by atoms with Crippen molar-refractivity contribution in [3.8, 4) is 5.75 Å². The molecule has 29 heavy (non-hydrogen) atoms. The third-order valence-corrected chi connectivity index (χ3v) is 5.28. The number of aromatic nitrogens is 1. The Hall–Kier alpha value is -2.01. The fourth-order valence-corrected chi connectivity index (χ4v) is 3.71. The Bertz CT molecular complexity index is 684. The van der Waals surface area contributed by atoms with E-state index in [0.717, 1.165) is 38.3 Å². The minimum absolute atomic E-state index is 0.119. The van der Waals surface area contributed by atoms with E-state index in [1.165, 1.54) is 0 Å². The van der Waals surface area contributed by atoms with Gasteiger partial charge in [0.2, 0.25) is 5.91 Å². The maximum atomic E-state index is 11.9. The van der Waals surface area contributed by atoms with Crippen molar-refractivity contribution < 1.29 is 37.3 Å². The lowest BCUT2D eigenvalue weighted by molar-refractivity contribution is -0.192. The average Bonchev–Trinajstić information content (AvgIpc) is 3.05. The van der Waals surface area contributed by atoms with Crippen LogP contribution in [0.4, 0.5) is 13.2 Å². The van der Waals surface area contributed by atoms with Gasteiger partial charge in [-0.1, -0.05) is 0 Å². The zero-order valence-electron chi connectivity index (χ0n) is 15.9. The minimum atomic E-state index is -5.08. The second kappa shape index (κ2) is 10.1. The van der Waals surface area contributed by atoms with Gasteiger partial charge in [0.15, 0.2) is 0 Å². The zero-order valence-corrected chi connectivity index (χ0v) is 16.7. The van der Waals surface area contributed by atoms with E-state index < -0.39 is 12.1 Å². The molecule has 1 amide bonds. The second-order valence-electron chi connectivity index (χ2n) is 6.71. The highest BCUT2D eigenvalue weighted by atomic mass is 32.2. The summed E-state index contributed by atoms with van der Waals surface area (Å²) in [7, 11) is 0. The summed E-state index contributed by atoms with van der Waals surface area (Å²) < 4.78 is 43.5. The van der Waals surface area contributed by atoms with Crippen molar-refractivity contribution in [3.05, 3.63) is 24.5 Å². The largest absolute Gasteiger partial charge is 0.492 e. The molecule has 11 heteroatoms. The Morgan fingerprint density at radius 3 is 2.69 bits per heavy atom. The van der Waals surface area contributed by atoms with Crippen LogP contribution in [0.2, 0.25) is 0 Å². The van der Waals surface area contributed by atoms with Crippen molar-refractivity contribution in [1.82, 2.24) is 9.88 Å². The van der Waals surface area contributed by atoms with Crippen LogP contribution in [0.1, 0.15) is 12.8 Å². The van der Waals surface area contributed by atoms with E-state index in [-0.39, 0.29) is 11.5 Å². The first-order chi connectivity index (χ1) is 13.7. The van der Waals surface area contributed by atoms with E-state index in [1.807, 2.05) is 23.3 Å². The Morgan fingerprint density at radius 2 is 2.14 bits per heavy atom. The number of amides is 1. The van der Waals surface area contributed by atoms with Crippen LogP contribution in [0.15, 0.2) is 24.5 Å². The van der Waals surface area contributed by atoms with Gasteiger partial charge >= 0.3 is 12.1 Å². The van der Waals surface area contributed by atoms with Crippen molar-refractivity contribution in [2.24, 2.45) is 5.92 Å². The second-order valence-corrected chi connectivity index (χ2v) is 7.58. The van der Waals surface area contributed by atoms with E-state index in [4.69, 9.17) is 19.4 Å². The summed E-state index contributed by atoms with van der Waals surface area (Å²) in [6.07, 6.45) is 2.35. The number of halogens is 3. The topological polar surface area (TPSA) is 89.0 Å². The first kappa shape index (κ1) is 23.3. The van der Waals surface area contributed by atoms with Gasteiger partial charge in [0, 0.05) is 12.8 Å². The van der Waals surface area contributed by atoms with Crippen molar-refractivity contribution >= 4 is 23.6 Å². The maximum absolute atomic E-state index is 11.9. The quantitative estimate of drug-likeness (QED) is 0.733. The molecule has 1 aromatic rings. The van der Waals surface area contributed by atoms with Crippen LogP contribution in [-0.4, -0.2) is 77.0 Å². The third-order valence-electron chi connectivity index (χ3n) is 4.75. The van der Waals surface area contributed by atoms with Crippen molar-refractivity contribution in [2.45, 2.75) is 24.6 Å². The van der Waals surface area contributed by atoms with Crippen LogP contribution in [0, 0.1) is 5.92 Å². The molecular formula is C18H23F3N2O5S. The van der Waals surface area contributed by atoms with E-state index in [9.17, 15) is 18.0 Å². The number of hydrogen-bond donors (Lipinski definition) is 1.